The van der Waals surface area contributed by atoms with Gasteiger partial charge in [-0.15, -0.1) is 11.3 Å². The molecule has 3 aromatic rings. The summed E-state index contributed by atoms with van der Waals surface area (Å²) >= 11 is 4.57. The molecule has 1 fully saturated rings. The molecule has 148 valence electrons. The summed E-state index contributed by atoms with van der Waals surface area (Å²) in [5, 5.41) is 4.28. The van der Waals surface area contributed by atoms with E-state index in [2.05, 4.69) is 21.2 Å². The van der Waals surface area contributed by atoms with Crippen molar-refractivity contribution >= 4 is 60.0 Å². The summed E-state index contributed by atoms with van der Waals surface area (Å²) < 4.78 is 28.3. The highest BCUT2D eigenvalue weighted by atomic mass is 79.9. The lowest BCUT2D eigenvalue weighted by molar-refractivity contribution is 0.383. The molecule has 1 saturated heterocycles. The van der Waals surface area contributed by atoms with Gasteiger partial charge in [-0.2, -0.15) is 9.29 Å². The van der Waals surface area contributed by atoms with E-state index < -0.39 is 10.0 Å². The number of benzene rings is 1. The van der Waals surface area contributed by atoms with Crippen molar-refractivity contribution in [3.8, 4) is 0 Å². The maximum atomic E-state index is 12.8. The molecule has 4 rings (SSSR count). The number of thiophene rings is 1. The Labute approximate surface area is 176 Å². The highest BCUT2D eigenvalue weighted by molar-refractivity contribution is 9.11. The number of hydrogen-bond donors (Lipinski definition) is 1. The lowest BCUT2D eigenvalue weighted by atomic mass is 10.2. The van der Waals surface area contributed by atoms with E-state index in [-0.39, 0.29) is 0 Å². The Morgan fingerprint density at radius 3 is 2.54 bits per heavy atom. The maximum absolute atomic E-state index is 12.8. The molecule has 0 atom stereocenters. The SMILES string of the molecule is CCNc1nc(N2CCN(S(=O)(=O)c3ccc(Br)s3)CC2)nc2ccccc12. The predicted octanol–water partition coefficient (Wildman–Crippen LogP) is 3.40. The third kappa shape index (κ3) is 3.73. The van der Waals surface area contributed by atoms with Crippen LogP contribution in [0.1, 0.15) is 6.92 Å². The zero-order chi connectivity index (χ0) is 19.7. The summed E-state index contributed by atoms with van der Waals surface area (Å²) in [7, 11) is -3.46. The molecule has 0 saturated carbocycles. The molecule has 0 spiro atoms. The van der Waals surface area contributed by atoms with Crippen LogP contribution in [0, 0.1) is 0 Å². The number of fused-ring (bicyclic) bond motifs is 1. The van der Waals surface area contributed by atoms with Gasteiger partial charge in [0, 0.05) is 38.1 Å². The molecule has 0 unspecified atom stereocenters. The average molecular weight is 482 g/mol. The quantitative estimate of drug-likeness (QED) is 0.601. The van der Waals surface area contributed by atoms with Gasteiger partial charge in [0.05, 0.1) is 9.30 Å². The van der Waals surface area contributed by atoms with Crippen molar-refractivity contribution in [1.82, 2.24) is 14.3 Å². The Morgan fingerprint density at radius 2 is 1.86 bits per heavy atom. The first kappa shape index (κ1) is 19.6. The molecule has 0 radical (unpaired) electrons. The number of hydrogen-bond acceptors (Lipinski definition) is 7. The first-order chi connectivity index (χ1) is 13.5. The normalized spacial score (nSPS) is 15.9. The lowest BCUT2D eigenvalue weighted by Crippen LogP contribution is -2.49. The molecule has 1 aromatic carbocycles. The van der Waals surface area contributed by atoms with Crippen molar-refractivity contribution in [2.45, 2.75) is 11.1 Å². The van der Waals surface area contributed by atoms with Gasteiger partial charge in [-0.25, -0.2) is 13.4 Å². The second-order valence-electron chi connectivity index (χ2n) is 6.37. The van der Waals surface area contributed by atoms with E-state index in [1.54, 1.807) is 12.1 Å². The Hall–Kier alpha value is -1.75. The van der Waals surface area contributed by atoms with E-state index in [0.29, 0.717) is 36.3 Å². The van der Waals surface area contributed by atoms with E-state index in [0.717, 1.165) is 27.1 Å². The first-order valence-corrected chi connectivity index (χ1v) is 12.0. The van der Waals surface area contributed by atoms with Crippen molar-refractivity contribution in [1.29, 1.82) is 0 Å². The number of nitrogens with one attached hydrogen (secondary N) is 1. The molecule has 1 aliphatic rings. The van der Waals surface area contributed by atoms with E-state index in [1.165, 1.54) is 15.6 Å². The van der Waals surface area contributed by atoms with Crippen molar-refractivity contribution in [3.63, 3.8) is 0 Å². The van der Waals surface area contributed by atoms with Crippen LogP contribution in [0.5, 0.6) is 0 Å². The van der Waals surface area contributed by atoms with Gasteiger partial charge in [-0.3, -0.25) is 0 Å². The molecule has 2 aromatic heterocycles. The zero-order valence-electron chi connectivity index (χ0n) is 15.3. The molecule has 0 bridgehead atoms. The van der Waals surface area contributed by atoms with E-state index in [1.807, 2.05) is 36.1 Å². The van der Waals surface area contributed by atoms with Crippen LogP contribution in [0.15, 0.2) is 44.4 Å². The standard InChI is InChI=1S/C18H20BrN5O2S2/c1-2-20-17-13-5-3-4-6-14(13)21-18(22-17)23-9-11-24(12-10-23)28(25,26)16-8-7-15(19)27-16/h3-8H,2,9-12H2,1H3,(H,20,21,22). The van der Waals surface area contributed by atoms with Gasteiger partial charge in [0.25, 0.3) is 10.0 Å². The Kier molecular flexibility index (Phi) is 5.55. The molecule has 28 heavy (non-hydrogen) atoms. The summed E-state index contributed by atoms with van der Waals surface area (Å²) in [6.45, 7) is 4.71. The van der Waals surface area contributed by atoms with Crippen LogP contribution < -0.4 is 10.2 Å². The van der Waals surface area contributed by atoms with Gasteiger partial charge in [0.1, 0.15) is 10.0 Å². The van der Waals surface area contributed by atoms with Crippen molar-refractivity contribution < 1.29 is 8.42 Å². The average Bonchev–Trinajstić information content (AvgIpc) is 3.15. The summed E-state index contributed by atoms with van der Waals surface area (Å²) in [6.07, 6.45) is 0. The van der Waals surface area contributed by atoms with Gasteiger partial charge >= 0.3 is 0 Å². The molecular weight excluding hydrogens is 462 g/mol. The Balaban J connectivity index is 1.55. The van der Waals surface area contributed by atoms with Crippen molar-refractivity contribution in [2.24, 2.45) is 0 Å². The van der Waals surface area contributed by atoms with Crippen LogP contribution in [0.25, 0.3) is 10.9 Å². The van der Waals surface area contributed by atoms with E-state index in [9.17, 15) is 8.42 Å². The summed E-state index contributed by atoms with van der Waals surface area (Å²) in [5.74, 6) is 1.44. The predicted molar refractivity (Wildman–Crippen MR) is 117 cm³/mol. The van der Waals surface area contributed by atoms with Gasteiger partial charge in [-0.1, -0.05) is 12.1 Å². The van der Waals surface area contributed by atoms with Crippen LogP contribution in [0.4, 0.5) is 11.8 Å². The smallest absolute Gasteiger partial charge is 0.252 e. The van der Waals surface area contributed by atoms with Gasteiger partial charge in [0.2, 0.25) is 5.95 Å². The number of piperazine rings is 1. The fourth-order valence-corrected chi connectivity index (χ4v) is 6.79. The topological polar surface area (TPSA) is 78.4 Å². The lowest BCUT2D eigenvalue weighted by Gasteiger charge is -2.33. The molecule has 0 amide bonds. The largest absolute Gasteiger partial charge is 0.370 e. The number of rotatable bonds is 5. The molecule has 7 nitrogen and oxygen atoms in total. The van der Waals surface area contributed by atoms with Crippen LogP contribution in [-0.4, -0.2) is 55.4 Å². The van der Waals surface area contributed by atoms with Crippen LogP contribution in [0.2, 0.25) is 0 Å². The Bertz CT molecular complexity index is 1090. The highest BCUT2D eigenvalue weighted by Gasteiger charge is 2.30. The van der Waals surface area contributed by atoms with Crippen molar-refractivity contribution in [3.05, 3.63) is 40.2 Å². The van der Waals surface area contributed by atoms with Crippen LogP contribution in [-0.2, 0) is 10.0 Å². The Morgan fingerprint density at radius 1 is 1.11 bits per heavy atom. The van der Waals surface area contributed by atoms with Crippen molar-refractivity contribution in [2.75, 3.05) is 42.9 Å². The number of anilines is 2. The minimum absolute atomic E-state index is 0.365. The fraction of sp³-hybridized carbons (Fsp3) is 0.333. The number of aromatic nitrogens is 2. The monoisotopic (exact) mass is 481 g/mol. The number of para-hydroxylation sites is 1. The van der Waals surface area contributed by atoms with E-state index >= 15 is 0 Å². The molecule has 10 heteroatoms. The van der Waals surface area contributed by atoms with Gasteiger partial charge in [0.15, 0.2) is 0 Å². The first-order valence-electron chi connectivity index (χ1n) is 9.00. The molecular formula is C18H20BrN5O2S2. The summed E-state index contributed by atoms with van der Waals surface area (Å²) in [4.78, 5) is 11.4. The molecule has 1 N–H and O–H groups in total. The van der Waals surface area contributed by atoms with Gasteiger partial charge < -0.3 is 10.2 Å². The minimum atomic E-state index is -3.46. The molecule has 1 aliphatic heterocycles. The summed E-state index contributed by atoms with van der Waals surface area (Å²) in [5.41, 5.74) is 0.877. The highest BCUT2D eigenvalue weighted by Crippen LogP contribution is 2.30. The van der Waals surface area contributed by atoms with Gasteiger partial charge in [-0.05, 0) is 47.1 Å². The number of halogens is 1. The maximum Gasteiger partial charge on any atom is 0.252 e. The number of sulfonamides is 1. The summed E-state index contributed by atoms with van der Waals surface area (Å²) in [6, 6.07) is 11.3. The van der Waals surface area contributed by atoms with Crippen LogP contribution in [0.3, 0.4) is 0 Å². The fourth-order valence-electron chi connectivity index (χ4n) is 3.20. The van der Waals surface area contributed by atoms with Crippen LogP contribution >= 0.6 is 27.3 Å². The molecule has 3 heterocycles. The second-order valence-corrected chi connectivity index (χ2v) is 11.0. The molecule has 0 aliphatic carbocycles. The number of nitrogens with zero attached hydrogens (tertiary/aromatic N) is 4. The minimum Gasteiger partial charge on any atom is -0.370 e. The zero-order valence-corrected chi connectivity index (χ0v) is 18.5. The second kappa shape index (κ2) is 7.94. The van der Waals surface area contributed by atoms with E-state index in [4.69, 9.17) is 9.97 Å². The third-order valence-electron chi connectivity index (χ3n) is 4.60. The third-order valence-corrected chi connectivity index (χ3v) is 8.59.